The molecule has 0 aliphatic carbocycles. The van der Waals surface area contributed by atoms with Gasteiger partial charge >= 0.3 is 72.7 Å². The molecule has 26 heteroatoms. The van der Waals surface area contributed by atoms with E-state index >= 15 is 0 Å². The zero-order valence-corrected chi connectivity index (χ0v) is 47.0. The average molecular weight is 1390 g/mol. The number of pyridine rings is 8. The van der Waals surface area contributed by atoms with Gasteiger partial charge < -0.3 is 40.4 Å². The van der Waals surface area contributed by atoms with Crippen molar-refractivity contribution in [3.8, 4) is 34.2 Å². The quantitative estimate of drug-likeness (QED) is 0.0679. The van der Waals surface area contributed by atoms with E-state index in [-0.39, 0.29) is 44.0 Å². The van der Waals surface area contributed by atoms with E-state index in [0.717, 1.165) is 48.9 Å². The third-order valence-electron chi connectivity index (χ3n) is 10.3. The number of halogens is 2. The van der Waals surface area contributed by atoms with Crippen LogP contribution in [0.2, 0.25) is 0 Å². The molecule has 0 saturated carbocycles. The van der Waals surface area contributed by atoms with Crippen LogP contribution >= 0.6 is 18.8 Å². The van der Waals surface area contributed by atoms with Crippen molar-refractivity contribution in [2.24, 2.45) is 0 Å². The van der Waals surface area contributed by atoms with Crippen LogP contribution < -0.4 is 15.5 Å². The van der Waals surface area contributed by atoms with Crippen LogP contribution in [0.3, 0.4) is 0 Å². The Hall–Kier alpha value is -8.43. The first-order valence-electron chi connectivity index (χ1n) is 23.0. The van der Waals surface area contributed by atoms with Gasteiger partial charge in [-0.05, 0) is 97.1 Å². The number of nitrogens with one attached hydrogen (secondary N) is 1. The monoisotopic (exact) mass is 1390 g/mol. The molecule has 0 bridgehead atoms. The molecule has 9 aromatic rings. The smallest absolute Gasteiger partial charge is 0.255 e. The third kappa shape index (κ3) is 21.8. The molecule has 8 heterocycles. The van der Waals surface area contributed by atoms with E-state index in [1.165, 1.54) is 24.5 Å². The molecule has 9 rings (SSSR count). The van der Waals surface area contributed by atoms with Gasteiger partial charge in [0.2, 0.25) is 0 Å². The number of hydrogen-bond acceptors (Lipinski definition) is 18. The number of aromatic carboxylic acids is 1. The summed E-state index contributed by atoms with van der Waals surface area (Å²) >= 11 is -0.472. The van der Waals surface area contributed by atoms with Crippen molar-refractivity contribution in [3.05, 3.63) is 188 Å². The molecule has 0 fully saturated rings. The Bertz CT molecular complexity index is 3230. The van der Waals surface area contributed by atoms with Crippen LogP contribution in [0.15, 0.2) is 177 Å². The summed E-state index contributed by atoms with van der Waals surface area (Å²) in [6, 6.07) is 38.5. The van der Waals surface area contributed by atoms with E-state index in [1.807, 2.05) is 97.1 Å². The van der Waals surface area contributed by atoms with Crippen LogP contribution in [-0.2, 0) is 55.1 Å². The predicted octanol–water partition coefficient (Wildman–Crippen LogP) is 5.11. The molecule has 0 aliphatic rings. The van der Waals surface area contributed by atoms with Crippen LogP contribution in [0.4, 0.5) is 5.69 Å². The second-order valence-corrected chi connectivity index (χ2v) is 19.2. The number of fused-ring (bicyclic) bond motifs is 3. The maximum absolute atomic E-state index is 13.1. The minimum absolute atomic E-state index is 0. The van der Waals surface area contributed by atoms with E-state index in [2.05, 4.69) is 45.2 Å². The molecule has 4 N–H and O–H groups in total. The molecule has 0 unspecified atom stereocenters. The summed E-state index contributed by atoms with van der Waals surface area (Å²) in [4.78, 5) is 102. The van der Waals surface area contributed by atoms with Crippen LogP contribution in [0.1, 0.15) is 20.7 Å². The van der Waals surface area contributed by atoms with Gasteiger partial charge in [-0.3, -0.25) is 64.1 Å². The third-order valence-corrected chi connectivity index (χ3v) is 10.3. The molecule has 8 aromatic heterocycles. The van der Waals surface area contributed by atoms with E-state index in [4.69, 9.17) is 29.0 Å². The SMILES string of the molecule is O=C(O)c1ccnc(-c2cc(C(=O)Nc3cc4cccnc4c4ncccc34)ccn2)c1.O=C([O-])CN(CCN(CC(=O)[O-])CC(=O)O)CC(=O)O.[Cl][Pt][Cl].[Ru+2].c1ccc(-c2ccccn2)nc1.c1ccc(-c2ccccn2)nc1. The van der Waals surface area contributed by atoms with E-state index in [0.29, 0.717) is 28.2 Å². The molecule has 1 aromatic carbocycles. The second kappa shape index (κ2) is 34.5. The number of carboxylic acid groups (broad SMARTS) is 5. The van der Waals surface area contributed by atoms with Crippen LogP contribution in [0, 0.1) is 0 Å². The maximum Gasteiger partial charge on any atom is 2.00 e. The number of anilines is 1. The van der Waals surface area contributed by atoms with Gasteiger partial charge in [-0.15, -0.1) is 0 Å². The molecule has 0 aliphatic heterocycles. The van der Waals surface area contributed by atoms with E-state index in [9.17, 15) is 44.1 Å². The first-order valence-corrected chi connectivity index (χ1v) is 28.6. The molecule has 0 spiro atoms. The normalized spacial score (nSPS) is 10.2. The van der Waals surface area contributed by atoms with Crippen molar-refractivity contribution >= 4 is 82.1 Å². The minimum atomic E-state index is -1.49. The van der Waals surface area contributed by atoms with Crippen molar-refractivity contribution in [1.29, 1.82) is 0 Å². The standard InChI is InChI=1S/C24H15N5O3.C10H16N2O8.2C10H8N2.2ClH.Pt.Ru/c30-23(15-5-9-25-19(12-15)20-13-16(24(31)32)6-10-26-20)29-18-11-14-3-1-7-27-21(14)22-17(18)4-2-8-28-22;13-7(14)3-11(4-8(15)16)1-2-12(5-9(17)18)6-10(19)20;2*1-3-7-11-9(5-1)10-6-2-4-8-12-10;;;;/h1-13H,(H,29,30)(H,31,32);1-6H2,(H,13,14)(H,15,16)(H,17,18)(H,19,20);2*1-8H;2*1H;;/q;;;;;;2*+2/p-4. The molecule has 0 saturated heterocycles. The summed E-state index contributed by atoms with van der Waals surface area (Å²) < 4.78 is 0. The van der Waals surface area contributed by atoms with E-state index < -0.39 is 72.5 Å². The van der Waals surface area contributed by atoms with Crippen LogP contribution in [0.5, 0.6) is 0 Å². The predicted molar refractivity (Wildman–Crippen MR) is 284 cm³/mol. The number of carboxylic acids is 5. The molecule has 1 amide bonds. The number of carbonyl (C=O) groups is 6. The van der Waals surface area contributed by atoms with Gasteiger partial charge in [0.25, 0.3) is 5.91 Å². The molecule has 414 valence electrons. The Labute approximate surface area is 485 Å². The summed E-state index contributed by atoms with van der Waals surface area (Å²) in [5.41, 5.74) is 6.95. The number of hydrogen-bond donors (Lipinski definition) is 4. The van der Waals surface area contributed by atoms with Crippen molar-refractivity contribution in [1.82, 2.24) is 49.7 Å². The van der Waals surface area contributed by atoms with Crippen molar-refractivity contribution in [2.75, 3.05) is 44.6 Å². The largest absolute Gasteiger partial charge is 2.00 e. The zero-order valence-electron chi connectivity index (χ0n) is 41.5. The summed E-state index contributed by atoms with van der Waals surface area (Å²) in [5, 5.41) is 51.8. The van der Waals surface area contributed by atoms with Gasteiger partial charge in [-0.25, -0.2) is 4.79 Å². The number of aromatic nitrogens is 8. The Kier molecular flexibility index (Phi) is 27.6. The number of rotatable bonds is 17. The number of benzene rings is 1. The average Bonchev–Trinajstić information content (AvgIpc) is 3.53. The Morgan fingerprint density at radius 2 is 0.850 bits per heavy atom. The second-order valence-electron chi connectivity index (χ2n) is 15.9. The number of carbonyl (C=O) groups excluding carboxylic acids is 3. The maximum atomic E-state index is 13.1. The van der Waals surface area contributed by atoms with Gasteiger partial charge in [-0.2, -0.15) is 0 Å². The van der Waals surface area contributed by atoms with Gasteiger partial charge in [-0.1, -0.05) is 30.3 Å². The van der Waals surface area contributed by atoms with Crippen LogP contribution in [-0.4, -0.2) is 140 Å². The molecule has 80 heavy (non-hydrogen) atoms. The zero-order chi connectivity index (χ0) is 56.9. The summed E-state index contributed by atoms with van der Waals surface area (Å²) in [6.07, 6.45) is 13.4. The topological polar surface area (TPSA) is 331 Å². The summed E-state index contributed by atoms with van der Waals surface area (Å²) in [7, 11) is 9.75. The molecule has 22 nitrogen and oxygen atoms in total. The van der Waals surface area contributed by atoms with E-state index in [1.54, 1.807) is 55.4 Å². The Balaban J connectivity index is 0.000000245. The van der Waals surface area contributed by atoms with Crippen molar-refractivity contribution in [3.63, 3.8) is 0 Å². The molecule has 0 radical (unpaired) electrons. The molecule has 0 atom stereocenters. The summed E-state index contributed by atoms with van der Waals surface area (Å²) in [6.45, 7) is -2.75. The fraction of sp³-hybridized carbons (Fsp3) is 0.111. The summed E-state index contributed by atoms with van der Waals surface area (Å²) in [5.74, 6) is -6.91. The Morgan fingerprint density at radius 3 is 1.25 bits per heavy atom. The Morgan fingerprint density at radius 1 is 0.463 bits per heavy atom. The first-order chi connectivity index (χ1) is 38.1. The number of aliphatic carboxylic acids is 4. The van der Waals surface area contributed by atoms with Crippen molar-refractivity contribution < 1.29 is 90.3 Å². The van der Waals surface area contributed by atoms with Gasteiger partial charge in [0.05, 0.1) is 81.5 Å². The molecular weight excluding hydrogens is 1350 g/mol. The minimum Gasteiger partial charge on any atom is -0.255 e. The van der Waals surface area contributed by atoms with Gasteiger partial charge in [0, 0.05) is 92.1 Å². The number of amides is 1. The van der Waals surface area contributed by atoms with Crippen LogP contribution in [0.25, 0.3) is 56.0 Å². The fourth-order valence-electron chi connectivity index (χ4n) is 7.01. The number of nitrogens with zero attached hydrogens (tertiary/aromatic N) is 10. The van der Waals surface area contributed by atoms with Gasteiger partial charge in [0.15, 0.2) is 0 Å². The molecular formula is C54H45Cl2N11O11PtRu. The fourth-order valence-corrected chi connectivity index (χ4v) is 7.01. The van der Waals surface area contributed by atoms with Crippen molar-refractivity contribution in [2.45, 2.75) is 0 Å². The van der Waals surface area contributed by atoms with Gasteiger partial charge in [0.1, 0.15) is 0 Å². The first kappa shape index (κ1) is 64.1.